The van der Waals surface area contributed by atoms with Gasteiger partial charge in [-0.15, -0.1) is 0 Å². The predicted molar refractivity (Wildman–Crippen MR) is 86.7 cm³/mol. The van der Waals surface area contributed by atoms with Crippen LogP contribution in [0.25, 0.3) is 0 Å². The molecule has 1 aliphatic heterocycles. The van der Waals surface area contributed by atoms with Gasteiger partial charge in [0.1, 0.15) is 5.76 Å². The number of furan rings is 1. The molecule has 1 amide bonds. The minimum atomic E-state index is -0.564. The van der Waals surface area contributed by atoms with Crippen LogP contribution >= 0.6 is 0 Å². The number of amides is 1. The quantitative estimate of drug-likeness (QED) is 0.888. The molecule has 5 nitrogen and oxygen atoms in total. The van der Waals surface area contributed by atoms with Crippen molar-refractivity contribution in [1.82, 2.24) is 4.90 Å². The fourth-order valence-electron chi connectivity index (χ4n) is 3.16. The van der Waals surface area contributed by atoms with Crippen LogP contribution in [-0.2, 0) is 6.54 Å². The molecule has 2 atom stereocenters. The van der Waals surface area contributed by atoms with Crippen molar-refractivity contribution in [3.05, 3.63) is 59.5 Å². The maximum Gasteiger partial charge on any atom is 0.289 e. The normalized spacial score (nSPS) is 19.0. The van der Waals surface area contributed by atoms with E-state index in [0.717, 1.165) is 18.4 Å². The van der Waals surface area contributed by atoms with Crippen molar-refractivity contribution in [1.29, 1.82) is 0 Å². The van der Waals surface area contributed by atoms with Gasteiger partial charge in [-0.3, -0.25) is 4.79 Å². The van der Waals surface area contributed by atoms with E-state index in [1.807, 2.05) is 35.2 Å². The van der Waals surface area contributed by atoms with Crippen LogP contribution in [0.3, 0.4) is 0 Å². The second-order valence-corrected chi connectivity index (χ2v) is 5.93. The van der Waals surface area contributed by atoms with E-state index in [1.54, 1.807) is 12.1 Å². The van der Waals surface area contributed by atoms with Crippen molar-refractivity contribution in [2.45, 2.75) is 38.0 Å². The van der Waals surface area contributed by atoms with Gasteiger partial charge in [0, 0.05) is 12.6 Å². The van der Waals surface area contributed by atoms with E-state index in [2.05, 4.69) is 0 Å². The molecule has 23 heavy (non-hydrogen) atoms. The van der Waals surface area contributed by atoms with Crippen molar-refractivity contribution in [3.8, 4) is 0 Å². The van der Waals surface area contributed by atoms with E-state index in [1.165, 1.54) is 0 Å². The van der Waals surface area contributed by atoms with Gasteiger partial charge in [0.15, 0.2) is 5.76 Å². The molecule has 0 saturated carbocycles. The summed E-state index contributed by atoms with van der Waals surface area (Å²) in [5.41, 5.74) is 6.41. The summed E-state index contributed by atoms with van der Waals surface area (Å²) in [6.07, 6.45) is 1.83. The zero-order valence-electron chi connectivity index (χ0n) is 13.0. The first-order valence-corrected chi connectivity index (χ1v) is 8.02. The summed E-state index contributed by atoms with van der Waals surface area (Å²) in [5, 5.41) is 10.4. The SMILES string of the molecule is NCc1ccc(C(=O)N2CCCC2CC(O)c2ccccc2)o1. The van der Waals surface area contributed by atoms with Gasteiger partial charge in [-0.25, -0.2) is 0 Å². The van der Waals surface area contributed by atoms with Crippen molar-refractivity contribution in [2.75, 3.05) is 6.54 Å². The van der Waals surface area contributed by atoms with E-state index in [4.69, 9.17) is 10.2 Å². The van der Waals surface area contributed by atoms with Gasteiger partial charge < -0.3 is 20.2 Å². The Morgan fingerprint density at radius 2 is 2.09 bits per heavy atom. The van der Waals surface area contributed by atoms with Gasteiger partial charge >= 0.3 is 0 Å². The first kappa shape index (κ1) is 15.8. The van der Waals surface area contributed by atoms with Crippen LogP contribution in [0.2, 0.25) is 0 Å². The Morgan fingerprint density at radius 3 is 2.78 bits per heavy atom. The summed E-state index contributed by atoms with van der Waals surface area (Å²) >= 11 is 0. The molecule has 2 heterocycles. The highest BCUT2D eigenvalue weighted by Crippen LogP contribution is 2.28. The fraction of sp³-hybridized carbons (Fsp3) is 0.389. The lowest BCUT2D eigenvalue weighted by Gasteiger charge is -2.26. The number of aliphatic hydroxyl groups excluding tert-OH is 1. The number of nitrogens with two attached hydrogens (primary N) is 1. The molecule has 5 heteroatoms. The van der Waals surface area contributed by atoms with Gasteiger partial charge in [-0.05, 0) is 37.0 Å². The highest BCUT2D eigenvalue weighted by atomic mass is 16.4. The maximum atomic E-state index is 12.6. The zero-order valence-corrected chi connectivity index (χ0v) is 13.0. The number of nitrogens with zero attached hydrogens (tertiary/aromatic N) is 1. The maximum absolute atomic E-state index is 12.6. The lowest BCUT2D eigenvalue weighted by Crippen LogP contribution is -2.36. The lowest BCUT2D eigenvalue weighted by atomic mass is 10.0. The lowest BCUT2D eigenvalue weighted by molar-refractivity contribution is 0.0635. The monoisotopic (exact) mass is 314 g/mol. The topological polar surface area (TPSA) is 79.7 Å². The van der Waals surface area contributed by atoms with Gasteiger partial charge in [0.25, 0.3) is 5.91 Å². The molecule has 3 rings (SSSR count). The first-order chi connectivity index (χ1) is 11.2. The molecule has 1 fully saturated rings. The highest BCUT2D eigenvalue weighted by molar-refractivity contribution is 5.92. The smallest absolute Gasteiger partial charge is 0.289 e. The minimum Gasteiger partial charge on any atom is -0.455 e. The summed E-state index contributed by atoms with van der Waals surface area (Å²) in [7, 11) is 0. The first-order valence-electron chi connectivity index (χ1n) is 8.02. The number of hydrogen-bond acceptors (Lipinski definition) is 4. The van der Waals surface area contributed by atoms with Crippen LogP contribution in [-0.4, -0.2) is 28.5 Å². The van der Waals surface area contributed by atoms with Crippen LogP contribution in [0, 0.1) is 0 Å². The minimum absolute atomic E-state index is 0.0316. The number of carbonyl (C=O) groups excluding carboxylic acids is 1. The Balaban J connectivity index is 1.69. The third kappa shape index (κ3) is 3.46. The summed E-state index contributed by atoms with van der Waals surface area (Å²) in [6, 6.07) is 13.0. The number of rotatable bonds is 5. The molecule has 2 unspecified atom stereocenters. The molecule has 0 spiro atoms. The summed E-state index contributed by atoms with van der Waals surface area (Å²) < 4.78 is 5.47. The average Bonchev–Trinajstić information content (AvgIpc) is 3.24. The summed E-state index contributed by atoms with van der Waals surface area (Å²) in [6.45, 7) is 0.979. The number of aliphatic hydroxyl groups is 1. The standard InChI is InChI=1S/C18H22N2O3/c19-12-15-8-9-17(23-15)18(22)20-10-4-7-14(20)11-16(21)13-5-2-1-3-6-13/h1-3,5-6,8-9,14,16,21H,4,7,10-12,19H2. The predicted octanol–water partition coefficient (Wildman–Crippen LogP) is 2.47. The van der Waals surface area contributed by atoms with Crippen molar-refractivity contribution >= 4 is 5.91 Å². The Hall–Kier alpha value is -2.11. The molecule has 0 radical (unpaired) electrons. The van der Waals surface area contributed by atoms with Crippen LogP contribution in [0.5, 0.6) is 0 Å². The highest BCUT2D eigenvalue weighted by Gasteiger charge is 2.32. The zero-order chi connectivity index (χ0) is 16.2. The van der Waals surface area contributed by atoms with Crippen LogP contribution in [0.1, 0.15) is 47.2 Å². The molecule has 1 aromatic heterocycles. The Morgan fingerprint density at radius 1 is 1.30 bits per heavy atom. The van der Waals surface area contributed by atoms with Crippen molar-refractivity contribution < 1.29 is 14.3 Å². The molecular formula is C18H22N2O3. The summed E-state index contributed by atoms with van der Waals surface area (Å²) in [4.78, 5) is 14.4. The van der Waals surface area contributed by atoms with Gasteiger partial charge in [0.2, 0.25) is 0 Å². The van der Waals surface area contributed by atoms with Gasteiger partial charge in [-0.2, -0.15) is 0 Å². The van der Waals surface area contributed by atoms with Crippen molar-refractivity contribution in [3.63, 3.8) is 0 Å². The second-order valence-electron chi connectivity index (χ2n) is 5.93. The van der Waals surface area contributed by atoms with Crippen molar-refractivity contribution in [2.24, 2.45) is 5.73 Å². The number of carbonyl (C=O) groups is 1. The van der Waals surface area contributed by atoms with E-state index in [9.17, 15) is 9.90 Å². The molecular weight excluding hydrogens is 292 g/mol. The molecule has 1 saturated heterocycles. The fourth-order valence-corrected chi connectivity index (χ4v) is 3.16. The van der Waals surface area contributed by atoms with E-state index < -0.39 is 6.10 Å². The van der Waals surface area contributed by atoms with Crippen LogP contribution in [0.15, 0.2) is 46.9 Å². The molecule has 0 aliphatic carbocycles. The molecule has 2 aromatic rings. The van der Waals surface area contributed by atoms with Crippen LogP contribution < -0.4 is 5.73 Å². The Bertz CT molecular complexity index is 653. The molecule has 3 N–H and O–H groups in total. The van der Waals surface area contributed by atoms with Gasteiger partial charge in [-0.1, -0.05) is 30.3 Å². The van der Waals surface area contributed by atoms with E-state index >= 15 is 0 Å². The third-order valence-corrected chi connectivity index (χ3v) is 4.39. The molecule has 122 valence electrons. The Kier molecular flexibility index (Phi) is 4.79. The van der Waals surface area contributed by atoms with Crippen LogP contribution in [0.4, 0.5) is 0 Å². The number of hydrogen-bond donors (Lipinski definition) is 2. The molecule has 0 bridgehead atoms. The summed E-state index contributed by atoms with van der Waals surface area (Å²) in [5.74, 6) is 0.812. The molecule has 1 aliphatic rings. The van der Waals surface area contributed by atoms with Gasteiger partial charge in [0.05, 0.1) is 12.6 Å². The third-order valence-electron chi connectivity index (χ3n) is 4.39. The number of likely N-dealkylation sites (tertiary alicyclic amines) is 1. The Labute approximate surface area is 135 Å². The largest absolute Gasteiger partial charge is 0.455 e. The van der Waals surface area contributed by atoms with E-state index in [0.29, 0.717) is 24.5 Å². The van der Waals surface area contributed by atoms with E-state index in [-0.39, 0.29) is 18.5 Å². The molecule has 1 aromatic carbocycles. The second kappa shape index (κ2) is 6.98. The average molecular weight is 314 g/mol. The number of benzene rings is 1.